The van der Waals surface area contributed by atoms with Crippen molar-refractivity contribution in [2.24, 2.45) is 0 Å². The highest BCUT2D eigenvalue weighted by molar-refractivity contribution is 9.10. The van der Waals surface area contributed by atoms with Gasteiger partial charge in [0.15, 0.2) is 5.78 Å². The quantitative estimate of drug-likeness (QED) is 0.770. The van der Waals surface area contributed by atoms with Crippen LogP contribution in [0.4, 0.5) is 0 Å². The molecule has 0 fully saturated rings. The van der Waals surface area contributed by atoms with E-state index in [0.29, 0.717) is 10.0 Å². The van der Waals surface area contributed by atoms with Gasteiger partial charge in [-0.05, 0) is 53.9 Å². The molecule has 70 valence electrons. The summed E-state index contributed by atoms with van der Waals surface area (Å²) in [6.07, 6.45) is 0. The molecule has 13 heavy (non-hydrogen) atoms. The lowest BCUT2D eigenvalue weighted by Crippen LogP contribution is -1.96. The Morgan fingerprint density at radius 1 is 1.46 bits per heavy atom. The van der Waals surface area contributed by atoms with Crippen LogP contribution in [0.5, 0.6) is 5.75 Å². The minimum absolute atomic E-state index is 0.0376. The van der Waals surface area contributed by atoms with Crippen LogP contribution in [0.15, 0.2) is 10.5 Å². The SMILES string of the molecule is CC(=O)c1cc(C)c(C)c(Br)c1O. The molecule has 1 rings (SSSR count). The van der Waals surface area contributed by atoms with Crippen LogP contribution in [0.3, 0.4) is 0 Å². The first-order valence-electron chi connectivity index (χ1n) is 3.94. The highest BCUT2D eigenvalue weighted by Gasteiger charge is 2.13. The van der Waals surface area contributed by atoms with Crippen molar-refractivity contribution in [3.05, 3.63) is 27.2 Å². The zero-order valence-electron chi connectivity index (χ0n) is 7.81. The number of phenols is 1. The van der Waals surface area contributed by atoms with E-state index in [1.165, 1.54) is 6.92 Å². The third kappa shape index (κ3) is 1.75. The normalized spacial score (nSPS) is 10.2. The van der Waals surface area contributed by atoms with Crippen molar-refractivity contribution in [2.45, 2.75) is 20.8 Å². The van der Waals surface area contributed by atoms with Gasteiger partial charge in [0.1, 0.15) is 5.75 Å². The fourth-order valence-electron chi connectivity index (χ4n) is 1.13. The number of aromatic hydroxyl groups is 1. The number of aryl methyl sites for hydroxylation is 1. The summed E-state index contributed by atoms with van der Waals surface area (Å²) in [5, 5.41) is 9.61. The topological polar surface area (TPSA) is 37.3 Å². The molecule has 3 heteroatoms. The van der Waals surface area contributed by atoms with Crippen LogP contribution in [0, 0.1) is 13.8 Å². The second kappa shape index (κ2) is 3.50. The largest absolute Gasteiger partial charge is 0.506 e. The van der Waals surface area contributed by atoms with E-state index in [4.69, 9.17) is 0 Å². The molecule has 1 N–H and O–H groups in total. The molecule has 0 unspecified atom stereocenters. The van der Waals surface area contributed by atoms with Crippen LogP contribution in [-0.2, 0) is 0 Å². The molecule has 0 aromatic heterocycles. The molecule has 0 atom stereocenters. The number of ketones is 1. The Balaban J connectivity index is 3.50. The average Bonchev–Trinajstić information content (AvgIpc) is 2.07. The Labute approximate surface area is 85.7 Å². The Kier molecular flexibility index (Phi) is 2.76. The summed E-state index contributed by atoms with van der Waals surface area (Å²) < 4.78 is 0.609. The van der Waals surface area contributed by atoms with Gasteiger partial charge in [-0.15, -0.1) is 0 Å². The van der Waals surface area contributed by atoms with E-state index < -0.39 is 0 Å². The van der Waals surface area contributed by atoms with E-state index in [0.717, 1.165) is 11.1 Å². The maximum absolute atomic E-state index is 11.1. The zero-order chi connectivity index (χ0) is 10.2. The number of hydrogen-bond donors (Lipinski definition) is 1. The predicted octanol–water partition coefficient (Wildman–Crippen LogP) is 2.97. The number of hydrogen-bond acceptors (Lipinski definition) is 2. The number of Topliss-reactive ketones (excluding diaryl/α,β-unsaturated/α-hetero) is 1. The lowest BCUT2D eigenvalue weighted by atomic mass is 10.0. The summed E-state index contributed by atoms with van der Waals surface area (Å²) in [7, 11) is 0. The molecule has 1 aromatic carbocycles. The van der Waals surface area contributed by atoms with Gasteiger partial charge >= 0.3 is 0 Å². The van der Waals surface area contributed by atoms with Crippen LogP contribution in [0.2, 0.25) is 0 Å². The van der Waals surface area contributed by atoms with Gasteiger partial charge in [-0.2, -0.15) is 0 Å². The maximum Gasteiger partial charge on any atom is 0.163 e. The van der Waals surface area contributed by atoms with Crippen molar-refractivity contribution in [2.75, 3.05) is 0 Å². The van der Waals surface area contributed by atoms with Crippen LogP contribution >= 0.6 is 15.9 Å². The Morgan fingerprint density at radius 2 is 2.00 bits per heavy atom. The van der Waals surface area contributed by atoms with E-state index in [1.54, 1.807) is 6.07 Å². The second-order valence-corrected chi connectivity index (χ2v) is 3.88. The fourth-order valence-corrected chi connectivity index (χ4v) is 1.66. The van der Waals surface area contributed by atoms with Crippen molar-refractivity contribution >= 4 is 21.7 Å². The third-order valence-electron chi connectivity index (χ3n) is 2.12. The lowest BCUT2D eigenvalue weighted by molar-refractivity contribution is 0.101. The third-order valence-corrected chi connectivity index (χ3v) is 3.09. The summed E-state index contributed by atoms with van der Waals surface area (Å²) >= 11 is 3.25. The van der Waals surface area contributed by atoms with Gasteiger partial charge < -0.3 is 5.11 Å². The molecule has 0 aliphatic heterocycles. The first-order valence-corrected chi connectivity index (χ1v) is 4.74. The molecular formula is C10H11BrO2. The Bertz CT molecular complexity index is 370. The van der Waals surface area contributed by atoms with Crippen molar-refractivity contribution < 1.29 is 9.90 Å². The molecule has 0 aliphatic rings. The van der Waals surface area contributed by atoms with E-state index in [1.807, 2.05) is 13.8 Å². The molecule has 0 spiro atoms. The average molecular weight is 243 g/mol. The van der Waals surface area contributed by atoms with Crippen LogP contribution in [0.25, 0.3) is 0 Å². The van der Waals surface area contributed by atoms with Crippen LogP contribution < -0.4 is 0 Å². The van der Waals surface area contributed by atoms with Gasteiger partial charge in [-0.25, -0.2) is 0 Å². The van der Waals surface area contributed by atoms with Gasteiger partial charge in [0.25, 0.3) is 0 Å². The van der Waals surface area contributed by atoms with Gasteiger partial charge in [0.05, 0.1) is 10.0 Å². The van der Waals surface area contributed by atoms with E-state index >= 15 is 0 Å². The summed E-state index contributed by atoms with van der Waals surface area (Å²) in [4.78, 5) is 11.1. The fraction of sp³-hybridized carbons (Fsp3) is 0.300. The lowest BCUT2D eigenvalue weighted by Gasteiger charge is -2.08. The molecule has 0 saturated heterocycles. The van der Waals surface area contributed by atoms with Crippen LogP contribution in [0.1, 0.15) is 28.4 Å². The first-order chi connectivity index (χ1) is 5.95. The molecule has 2 nitrogen and oxygen atoms in total. The Morgan fingerprint density at radius 3 is 2.46 bits per heavy atom. The predicted molar refractivity (Wildman–Crippen MR) is 55.3 cm³/mol. The monoisotopic (exact) mass is 242 g/mol. The highest BCUT2D eigenvalue weighted by atomic mass is 79.9. The molecule has 0 saturated carbocycles. The minimum Gasteiger partial charge on any atom is -0.506 e. The molecule has 0 bridgehead atoms. The summed E-state index contributed by atoms with van der Waals surface area (Å²) in [5.41, 5.74) is 2.33. The number of benzene rings is 1. The van der Waals surface area contributed by atoms with E-state index in [9.17, 15) is 9.90 Å². The van der Waals surface area contributed by atoms with Crippen LogP contribution in [-0.4, -0.2) is 10.9 Å². The minimum atomic E-state index is -0.124. The smallest absolute Gasteiger partial charge is 0.163 e. The van der Waals surface area contributed by atoms with Gasteiger partial charge in [0, 0.05) is 0 Å². The van der Waals surface area contributed by atoms with Crippen molar-refractivity contribution in [3.8, 4) is 5.75 Å². The number of carbonyl (C=O) groups is 1. The maximum atomic E-state index is 11.1. The summed E-state index contributed by atoms with van der Waals surface area (Å²) in [6, 6.07) is 1.71. The van der Waals surface area contributed by atoms with Crippen molar-refractivity contribution in [3.63, 3.8) is 0 Å². The van der Waals surface area contributed by atoms with Crippen molar-refractivity contribution in [1.29, 1.82) is 0 Å². The van der Waals surface area contributed by atoms with Gasteiger partial charge in [-0.3, -0.25) is 4.79 Å². The second-order valence-electron chi connectivity index (χ2n) is 3.08. The molecule has 0 heterocycles. The first kappa shape index (κ1) is 10.3. The molecule has 0 amide bonds. The van der Waals surface area contributed by atoms with Gasteiger partial charge in [-0.1, -0.05) is 0 Å². The summed E-state index contributed by atoms with van der Waals surface area (Å²) in [6.45, 7) is 5.24. The Hall–Kier alpha value is -0.830. The van der Waals surface area contributed by atoms with E-state index in [2.05, 4.69) is 15.9 Å². The van der Waals surface area contributed by atoms with Crippen molar-refractivity contribution in [1.82, 2.24) is 0 Å². The molecule has 0 aliphatic carbocycles. The number of rotatable bonds is 1. The summed E-state index contributed by atoms with van der Waals surface area (Å²) in [5.74, 6) is -0.0862. The highest BCUT2D eigenvalue weighted by Crippen LogP contribution is 2.33. The number of halogens is 1. The van der Waals surface area contributed by atoms with Gasteiger partial charge in [0.2, 0.25) is 0 Å². The molecular weight excluding hydrogens is 232 g/mol. The zero-order valence-corrected chi connectivity index (χ0v) is 9.40. The number of carbonyl (C=O) groups excluding carboxylic acids is 1. The molecule has 0 radical (unpaired) electrons. The standard InChI is InChI=1S/C10H11BrO2/c1-5-4-8(7(3)12)10(13)9(11)6(5)2/h4,13H,1-3H3. The van der Waals surface area contributed by atoms with E-state index in [-0.39, 0.29) is 11.5 Å². The molecule has 1 aromatic rings. The number of phenolic OH excluding ortho intramolecular Hbond substituents is 1.